The summed E-state index contributed by atoms with van der Waals surface area (Å²) in [7, 11) is 0. The van der Waals surface area contributed by atoms with Crippen molar-refractivity contribution in [3.63, 3.8) is 0 Å². The van der Waals surface area contributed by atoms with Crippen molar-refractivity contribution in [1.29, 1.82) is 0 Å². The van der Waals surface area contributed by atoms with Crippen molar-refractivity contribution in [1.82, 2.24) is 10.2 Å². The normalized spacial score (nSPS) is 11.6. The number of amides is 2. The maximum atomic E-state index is 13.6. The minimum Gasteiger partial charge on any atom is -0.354 e. The second-order valence-electron chi connectivity index (χ2n) is 8.63. The highest BCUT2D eigenvalue weighted by Crippen LogP contribution is 2.20. The van der Waals surface area contributed by atoms with E-state index in [2.05, 4.69) is 39.4 Å². The van der Waals surface area contributed by atoms with Crippen molar-refractivity contribution in [2.45, 2.75) is 45.0 Å². The largest absolute Gasteiger partial charge is 0.354 e. The van der Waals surface area contributed by atoms with Gasteiger partial charge < -0.3 is 10.2 Å². The van der Waals surface area contributed by atoms with Crippen LogP contribution in [0, 0.1) is 6.92 Å². The second kappa shape index (κ2) is 14.1. The maximum Gasteiger partial charge on any atom is 0.243 e. The summed E-state index contributed by atoms with van der Waals surface area (Å²) in [4.78, 5) is 28.7. The SMILES string of the molecule is CCCNC(=O)[C@H](Cc1ccccc1)N(Cc1cccc(C)c1)C(=O)CSCc1ccc(Br)cc1. The number of carbonyl (C=O) groups excluding carboxylic acids is 2. The van der Waals surface area contributed by atoms with Gasteiger partial charge in [-0.25, -0.2) is 0 Å². The lowest BCUT2D eigenvalue weighted by molar-refractivity contribution is -0.139. The highest BCUT2D eigenvalue weighted by molar-refractivity contribution is 9.10. The Kier molecular flexibility index (Phi) is 10.9. The minimum absolute atomic E-state index is 0.0267. The van der Waals surface area contributed by atoms with Gasteiger partial charge in [0, 0.05) is 29.7 Å². The van der Waals surface area contributed by atoms with Crippen molar-refractivity contribution >= 4 is 39.5 Å². The fraction of sp³-hybridized carbons (Fsp3) is 0.310. The van der Waals surface area contributed by atoms with Gasteiger partial charge in [0.25, 0.3) is 0 Å². The van der Waals surface area contributed by atoms with Crippen LogP contribution in [0.3, 0.4) is 0 Å². The second-order valence-corrected chi connectivity index (χ2v) is 10.5. The molecule has 0 spiro atoms. The fourth-order valence-corrected chi connectivity index (χ4v) is 4.98. The molecular formula is C29H33BrN2O2S. The molecule has 0 fully saturated rings. The van der Waals surface area contributed by atoms with E-state index in [0.717, 1.165) is 38.9 Å². The average Bonchev–Trinajstić information content (AvgIpc) is 2.86. The van der Waals surface area contributed by atoms with Crippen molar-refractivity contribution in [2.24, 2.45) is 0 Å². The van der Waals surface area contributed by atoms with Gasteiger partial charge in [0.1, 0.15) is 6.04 Å². The zero-order chi connectivity index (χ0) is 25.0. The van der Waals surface area contributed by atoms with Crippen LogP contribution in [0.2, 0.25) is 0 Å². The molecule has 0 aliphatic carbocycles. The molecule has 0 radical (unpaired) electrons. The molecule has 1 atom stereocenters. The van der Waals surface area contributed by atoms with Crippen LogP contribution in [-0.4, -0.2) is 35.1 Å². The minimum atomic E-state index is -0.578. The summed E-state index contributed by atoms with van der Waals surface area (Å²) >= 11 is 5.04. The summed E-state index contributed by atoms with van der Waals surface area (Å²) in [5.74, 6) is 0.924. The molecule has 0 unspecified atom stereocenters. The van der Waals surface area contributed by atoms with E-state index in [1.807, 2.05) is 74.5 Å². The van der Waals surface area contributed by atoms with Crippen molar-refractivity contribution in [3.8, 4) is 0 Å². The van der Waals surface area contributed by atoms with Crippen LogP contribution in [-0.2, 0) is 28.3 Å². The molecule has 2 amide bonds. The van der Waals surface area contributed by atoms with Crippen molar-refractivity contribution in [2.75, 3.05) is 12.3 Å². The number of carbonyl (C=O) groups is 2. The number of rotatable bonds is 12. The standard InChI is InChI=1S/C29H33BrN2O2S/c1-3-16-31-29(34)27(18-23-9-5-4-6-10-23)32(19-25-11-7-8-22(2)17-25)28(33)21-35-20-24-12-14-26(30)15-13-24/h4-15,17,27H,3,16,18-21H2,1-2H3,(H,31,34)/t27-/m0/s1. The van der Waals surface area contributed by atoms with Crippen LogP contribution in [0.5, 0.6) is 0 Å². The van der Waals surface area contributed by atoms with E-state index in [-0.39, 0.29) is 11.8 Å². The summed E-state index contributed by atoms with van der Waals surface area (Å²) in [6.45, 7) is 5.06. The Morgan fingerprint density at radius 3 is 2.34 bits per heavy atom. The number of hydrogen-bond donors (Lipinski definition) is 1. The molecule has 35 heavy (non-hydrogen) atoms. The highest BCUT2D eigenvalue weighted by Gasteiger charge is 2.30. The predicted molar refractivity (Wildman–Crippen MR) is 149 cm³/mol. The molecule has 0 saturated carbocycles. The molecule has 184 valence electrons. The molecule has 0 aliphatic heterocycles. The summed E-state index contributed by atoms with van der Waals surface area (Å²) in [5.41, 5.74) is 4.36. The quantitative estimate of drug-likeness (QED) is 0.293. The van der Waals surface area contributed by atoms with Crippen LogP contribution in [0.4, 0.5) is 0 Å². The number of nitrogens with one attached hydrogen (secondary N) is 1. The Morgan fingerprint density at radius 1 is 0.943 bits per heavy atom. The molecule has 3 rings (SSSR count). The van der Waals surface area contributed by atoms with E-state index in [4.69, 9.17) is 0 Å². The van der Waals surface area contributed by atoms with Crippen LogP contribution >= 0.6 is 27.7 Å². The maximum absolute atomic E-state index is 13.6. The van der Waals surface area contributed by atoms with Crippen molar-refractivity contribution in [3.05, 3.63) is 106 Å². The zero-order valence-electron chi connectivity index (χ0n) is 20.4. The molecule has 3 aromatic carbocycles. The summed E-state index contributed by atoms with van der Waals surface area (Å²) in [6, 6.07) is 25.6. The van der Waals surface area contributed by atoms with E-state index in [9.17, 15) is 9.59 Å². The summed E-state index contributed by atoms with van der Waals surface area (Å²) < 4.78 is 1.04. The number of nitrogens with zero attached hydrogens (tertiary/aromatic N) is 1. The Labute approximate surface area is 221 Å². The lowest BCUT2D eigenvalue weighted by atomic mass is 10.0. The van der Waals surface area contributed by atoms with E-state index in [1.165, 1.54) is 0 Å². The first-order chi connectivity index (χ1) is 17.0. The average molecular weight is 554 g/mol. The first kappa shape index (κ1) is 27.0. The number of benzene rings is 3. The first-order valence-corrected chi connectivity index (χ1v) is 13.9. The third kappa shape index (κ3) is 8.86. The van der Waals surface area contributed by atoms with E-state index in [0.29, 0.717) is 25.3 Å². The molecule has 3 aromatic rings. The fourth-order valence-electron chi connectivity index (χ4n) is 3.85. The molecule has 0 aromatic heterocycles. The Bertz CT molecular complexity index is 1090. The Hall–Kier alpha value is -2.57. The van der Waals surface area contributed by atoms with Gasteiger partial charge in [-0.3, -0.25) is 9.59 Å². The summed E-state index contributed by atoms with van der Waals surface area (Å²) in [5, 5.41) is 3.03. The Balaban J connectivity index is 1.82. The molecule has 0 heterocycles. The Morgan fingerprint density at radius 2 is 1.66 bits per heavy atom. The molecule has 0 aliphatic rings. The third-order valence-corrected chi connectivity index (χ3v) is 7.18. The van der Waals surface area contributed by atoms with Gasteiger partial charge >= 0.3 is 0 Å². The van der Waals surface area contributed by atoms with Crippen LogP contribution in [0.15, 0.2) is 83.3 Å². The predicted octanol–water partition coefficient (Wildman–Crippen LogP) is 6.16. The third-order valence-electron chi connectivity index (χ3n) is 5.66. The van der Waals surface area contributed by atoms with Gasteiger partial charge in [-0.2, -0.15) is 0 Å². The molecule has 0 bridgehead atoms. The van der Waals surface area contributed by atoms with E-state index >= 15 is 0 Å². The topological polar surface area (TPSA) is 49.4 Å². The van der Waals surface area contributed by atoms with Crippen LogP contribution in [0.1, 0.15) is 35.6 Å². The smallest absolute Gasteiger partial charge is 0.243 e. The van der Waals surface area contributed by atoms with Gasteiger partial charge in [0.05, 0.1) is 5.75 Å². The summed E-state index contributed by atoms with van der Waals surface area (Å²) in [6.07, 6.45) is 1.32. The lowest BCUT2D eigenvalue weighted by Gasteiger charge is -2.31. The monoisotopic (exact) mass is 552 g/mol. The first-order valence-electron chi connectivity index (χ1n) is 11.9. The van der Waals surface area contributed by atoms with Crippen LogP contribution in [0.25, 0.3) is 0 Å². The van der Waals surface area contributed by atoms with Gasteiger partial charge in [-0.15, -0.1) is 11.8 Å². The number of aryl methyl sites for hydroxylation is 1. The number of hydrogen-bond acceptors (Lipinski definition) is 3. The van der Waals surface area contributed by atoms with Gasteiger partial charge in [0.15, 0.2) is 0 Å². The lowest BCUT2D eigenvalue weighted by Crippen LogP contribution is -2.51. The van der Waals surface area contributed by atoms with E-state index in [1.54, 1.807) is 16.7 Å². The van der Waals surface area contributed by atoms with E-state index < -0.39 is 6.04 Å². The number of halogens is 1. The van der Waals surface area contributed by atoms with Gasteiger partial charge in [0.2, 0.25) is 11.8 Å². The molecule has 4 nitrogen and oxygen atoms in total. The molecule has 0 saturated heterocycles. The molecule has 6 heteroatoms. The molecule has 1 N–H and O–H groups in total. The highest BCUT2D eigenvalue weighted by atomic mass is 79.9. The van der Waals surface area contributed by atoms with Crippen molar-refractivity contribution < 1.29 is 9.59 Å². The van der Waals surface area contributed by atoms with Gasteiger partial charge in [-0.05, 0) is 42.2 Å². The zero-order valence-corrected chi connectivity index (χ0v) is 22.8. The molecular weight excluding hydrogens is 520 g/mol. The number of thioether (sulfide) groups is 1. The van der Waals surface area contributed by atoms with Gasteiger partial charge in [-0.1, -0.05) is 95.1 Å². The van der Waals surface area contributed by atoms with Crippen LogP contribution < -0.4 is 5.32 Å².